The third kappa shape index (κ3) is 2.67. The number of nitrogens with one attached hydrogen (secondary N) is 1. The molecule has 1 spiro atoms. The van der Waals surface area contributed by atoms with E-state index in [0.717, 1.165) is 11.5 Å². The van der Waals surface area contributed by atoms with Gasteiger partial charge in [-0.25, -0.2) is 0 Å². The molecule has 2 aromatic rings. The molecule has 24 heavy (non-hydrogen) atoms. The van der Waals surface area contributed by atoms with Crippen LogP contribution in [0.4, 0.5) is 0 Å². The van der Waals surface area contributed by atoms with E-state index in [9.17, 15) is 0 Å². The molecule has 2 fully saturated rings. The Morgan fingerprint density at radius 2 is 1.54 bits per heavy atom. The quantitative estimate of drug-likeness (QED) is 0.352. The number of nitrogens with two attached hydrogens (primary N) is 2. The van der Waals surface area contributed by atoms with Gasteiger partial charge in [0.15, 0.2) is 0 Å². The highest BCUT2D eigenvalue weighted by atomic mass is 15.1. The van der Waals surface area contributed by atoms with Crippen LogP contribution in [0.5, 0.6) is 0 Å². The lowest BCUT2D eigenvalue weighted by molar-refractivity contribution is 0.342. The Hall–Kier alpha value is -2.33. The maximum Gasteiger partial charge on any atom is 0.150 e. The molecule has 2 aromatic carbocycles. The van der Waals surface area contributed by atoms with Gasteiger partial charge < -0.3 is 16.9 Å². The third-order valence-electron chi connectivity index (χ3n) is 5.76. The zero-order valence-electron chi connectivity index (χ0n) is 13.8. The summed E-state index contributed by atoms with van der Waals surface area (Å²) in [5.74, 6) is 6.34. The minimum Gasteiger partial charge on any atom is -0.382 e. The second-order valence-electron chi connectivity index (χ2n) is 7.08. The predicted octanol–water partition coefficient (Wildman–Crippen LogP) is 2.79. The van der Waals surface area contributed by atoms with Gasteiger partial charge in [-0.3, -0.25) is 0 Å². The maximum atomic E-state index is 5.73. The summed E-state index contributed by atoms with van der Waals surface area (Å²) in [5.41, 5.74) is 11.1. The average Bonchev–Trinajstić information content (AvgIpc) is 3.34. The first kappa shape index (κ1) is 15.2. The van der Waals surface area contributed by atoms with E-state index in [1.54, 1.807) is 0 Å². The van der Waals surface area contributed by atoms with Gasteiger partial charge in [0, 0.05) is 5.56 Å². The zero-order valence-corrected chi connectivity index (χ0v) is 13.8. The van der Waals surface area contributed by atoms with Crippen LogP contribution in [0.3, 0.4) is 0 Å². The van der Waals surface area contributed by atoms with Gasteiger partial charge in [0.05, 0.1) is 0 Å². The molecule has 2 aliphatic rings. The fourth-order valence-electron chi connectivity index (χ4n) is 4.11. The Labute approximate surface area is 142 Å². The Balaban J connectivity index is 1.50. The average molecular weight is 320 g/mol. The van der Waals surface area contributed by atoms with Crippen molar-refractivity contribution >= 4 is 5.84 Å². The van der Waals surface area contributed by atoms with Crippen molar-refractivity contribution < 1.29 is 0 Å². The Morgan fingerprint density at radius 3 is 2.12 bits per heavy atom. The minimum absolute atomic E-state index is 0.359. The topological polar surface area (TPSA) is 76.4 Å². The van der Waals surface area contributed by atoms with Gasteiger partial charge in [-0.2, -0.15) is 5.10 Å². The predicted molar refractivity (Wildman–Crippen MR) is 98.7 cm³/mol. The summed E-state index contributed by atoms with van der Waals surface area (Å²) in [7, 11) is 0. The summed E-state index contributed by atoms with van der Waals surface area (Å²) in [6.07, 6.45) is 4.01. The van der Waals surface area contributed by atoms with E-state index in [1.807, 2.05) is 12.1 Å². The lowest BCUT2D eigenvalue weighted by atomic mass is 9.89. The summed E-state index contributed by atoms with van der Waals surface area (Å²) in [6.45, 7) is 2.35. The van der Waals surface area contributed by atoms with Gasteiger partial charge in [0.25, 0.3) is 0 Å². The molecule has 1 heterocycles. The van der Waals surface area contributed by atoms with E-state index in [2.05, 4.69) is 46.8 Å². The van der Waals surface area contributed by atoms with Gasteiger partial charge >= 0.3 is 0 Å². The summed E-state index contributed by atoms with van der Waals surface area (Å²) in [5, 5.41) is 7.00. The monoisotopic (exact) mass is 320 g/mol. The molecule has 4 heteroatoms. The molecule has 1 saturated carbocycles. The molecular formula is C20H24N4. The van der Waals surface area contributed by atoms with Crippen LogP contribution >= 0.6 is 0 Å². The molecule has 1 aliphatic carbocycles. The fourth-order valence-corrected chi connectivity index (χ4v) is 4.11. The molecule has 0 bridgehead atoms. The summed E-state index contributed by atoms with van der Waals surface area (Å²) in [4.78, 5) is 0. The number of piperidine rings is 1. The molecule has 1 unspecified atom stereocenters. The highest BCUT2D eigenvalue weighted by molar-refractivity contribution is 5.97. The molecule has 0 aromatic heterocycles. The molecule has 1 saturated heterocycles. The second-order valence-corrected chi connectivity index (χ2v) is 7.08. The molecule has 124 valence electrons. The van der Waals surface area contributed by atoms with E-state index in [4.69, 9.17) is 11.6 Å². The first-order chi connectivity index (χ1) is 11.7. The Kier molecular flexibility index (Phi) is 3.77. The van der Waals surface area contributed by atoms with Crippen molar-refractivity contribution in [1.29, 1.82) is 0 Å². The van der Waals surface area contributed by atoms with Gasteiger partial charge in [-0.1, -0.05) is 48.5 Å². The van der Waals surface area contributed by atoms with Crippen LogP contribution in [-0.2, 0) is 0 Å². The van der Waals surface area contributed by atoms with E-state index in [1.165, 1.54) is 49.0 Å². The van der Waals surface area contributed by atoms with Crippen molar-refractivity contribution in [3.8, 4) is 11.1 Å². The van der Waals surface area contributed by atoms with Crippen molar-refractivity contribution in [2.45, 2.75) is 25.2 Å². The summed E-state index contributed by atoms with van der Waals surface area (Å²) in [6, 6.07) is 17.1. The number of hydrogen-bond donors (Lipinski definition) is 3. The number of nitrogens with zero attached hydrogens (tertiary/aromatic N) is 1. The highest BCUT2D eigenvalue weighted by Gasteiger charge is 2.54. The Bertz CT molecular complexity index is 740. The lowest BCUT2D eigenvalue weighted by Crippen LogP contribution is -2.29. The van der Waals surface area contributed by atoms with Crippen LogP contribution in [0, 0.1) is 5.41 Å². The SMILES string of the molecule is N/N=C(\N)c1ccc(-c2ccc(C3CC34CCNCC4)cc2)cc1. The van der Waals surface area contributed by atoms with Crippen molar-refractivity contribution in [2.24, 2.45) is 22.1 Å². The summed E-state index contributed by atoms with van der Waals surface area (Å²) >= 11 is 0. The van der Waals surface area contributed by atoms with Gasteiger partial charge in [0.1, 0.15) is 5.84 Å². The molecule has 0 radical (unpaired) electrons. The van der Waals surface area contributed by atoms with Crippen LogP contribution < -0.4 is 16.9 Å². The zero-order chi connectivity index (χ0) is 16.6. The van der Waals surface area contributed by atoms with E-state index < -0.39 is 0 Å². The Morgan fingerprint density at radius 1 is 0.958 bits per heavy atom. The number of amidine groups is 1. The van der Waals surface area contributed by atoms with Crippen molar-refractivity contribution in [3.05, 3.63) is 59.7 Å². The standard InChI is InChI=1S/C20H24N4/c21-19(24-22)17-7-3-15(4-8-17)14-1-5-16(6-2-14)18-13-20(18)9-11-23-12-10-20/h1-8,18,23H,9-13,22H2,(H2,21,24). The van der Waals surface area contributed by atoms with E-state index >= 15 is 0 Å². The number of rotatable bonds is 3. The molecule has 1 aliphatic heterocycles. The lowest BCUT2D eigenvalue weighted by Gasteiger charge is -2.23. The normalized spacial score (nSPS) is 22.5. The highest BCUT2D eigenvalue weighted by Crippen LogP contribution is 2.64. The second kappa shape index (κ2) is 5.95. The smallest absolute Gasteiger partial charge is 0.150 e. The summed E-state index contributed by atoms with van der Waals surface area (Å²) < 4.78 is 0. The van der Waals surface area contributed by atoms with Crippen LogP contribution in [0.2, 0.25) is 0 Å². The van der Waals surface area contributed by atoms with Crippen LogP contribution in [0.1, 0.15) is 36.3 Å². The van der Waals surface area contributed by atoms with Gasteiger partial charge in [-0.05, 0) is 60.4 Å². The maximum absolute atomic E-state index is 5.73. The van der Waals surface area contributed by atoms with E-state index in [-0.39, 0.29) is 0 Å². The van der Waals surface area contributed by atoms with Crippen LogP contribution in [-0.4, -0.2) is 18.9 Å². The number of hydrogen-bond acceptors (Lipinski definition) is 3. The van der Waals surface area contributed by atoms with Crippen molar-refractivity contribution in [2.75, 3.05) is 13.1 Å². The molecule has 5 N–H and O–H groups in total. The number of benzene rings is 2. The minimum atomic E-state index is 0.359. The molecular weight excluding hydrogens is 296 g/mol. The van der Waals surface area contributed by atoms with Crippen LogP contribution in [0.25, 0.3) is 11.1 Å². The van der Waals surface area contributed by atoms with Crippen LogP contribution in [0.15, 0.2) is 53.6 Å². The third-order valence-corrected chi connectivity index (χ3v) is 5.76. The first-order valence-electron chi connectivity index (χ1n) is 8.67. The largest absolute Gasteiger partial charge is 0.382 e. The molecule has 4 nitrogen and oxygen atoms in total. The molecule has 0 amide bonds. The van der Waals surface area contributed by atoms with Gasteiger partial charge in [0.2, 0.25) is 0 Å². The fraction of sp³-hybridized carbons (Fsp3) is 0.350. The van der Waals surface area contributed by atoms with Crippen molar-refractivity contribution in [3.63, 3.8) is 0 Å². The van der Waals surface area contributed by atoms with E-state index in [0.29, 0.717) is 11.3 Å². The molecule has 4 rings (SSSR count). The number of hydrazone groups is 1. The van der Waals surface area contributed by atoms with Gasteiger partial charge in [-0.15, -0.1) is 0 Å². The first-order valence-corrected chi connectivity index (χ1v) is 8.67. The van der Waals surface area contributed by atoms with Crippen molar-refractivity contribution in [1.82, 2.24) is 5.32 Å². The molecule has 1 atom stereocenters.